The molecular formula is C9H12N4S2. The first-order chi connectivity index (χ1) is 7.29. The number of thiazole rings is 1. The van der Waals surface area contributed by atoms with Crippen LogP contribution in [0.25, 0.3) is 0 Å². The topological polar surface area (TPSA) is 50.7 Å². The van der Waals surface area contributed by atoms with Crippen molar-refractivity contribution in [3.63, 3.8) is 0 Å². The second-order valence-corrected chi connectivity index (χ2v) is 4.80. The van der Waals surface area contributed by atoms with Crippen LogP contribution < -0.4 is 5.32 Å². The highest BCUT2D eigenvalue weighted by Gasteiger charge is 2.13. The highest BCUT2D eigenvalue weighted by atomic mass is 32.1. The molecule has 2 aromatic heterocycles. The Kier molecular flexibility index (Phi) is 3.27. The molecule has 4 nitrogen and oxygen atoms in total. The van der Waals surface area contributed by atoms with Crippen LogP contribution in [0.4, 0.5) is 5.13 Å². The van der Waals surface area contributed by atoms with E-state index in [1.165, 1.54) is 11.5 Å². The Labute approximate surface area is 96.6 Å². The SMILES string of the molecule is CCC(Nc1nc(C)ns1)c1nccs1. The summed E-state index contributed by atoms with van der Waals surface area (Å²) in [5, 5.41) is 7.31. The Bertz CT molecular complexity index is 409. The van der Waals surface area contributed by atoms with Gasteiger partial charge < -0.3 is 5.32 Å². The van der Waals surface area contributed by atoms with Gasteiger partial charge in [0.2, 0.25) is 5.13 Å². The minimum Gasteiger partial charge on any atom is -0.351 e. The largest absolute Gasteiger partial charge is 0.351 e. The van der Waals surface area contributed by atoms with Gasteiger partial charge in [-0.15, -0.1) is 11.3 Å². The van der Waals surface area contributed by atoms with Crippen molar-refractivity contribution in [3.05, 3.63) is 22.4 Å². The maximum Gasteiger partial charge on any atom is 0.203 e. The van der Waals surface area contributed by atoms with Crippen LogP contribution in [-0.2, 0) is 0 Å². The molecule has 15 heavy (non-hydrogen) atoms. The van der Waals surface area contributed by atoms with Crippen molar-refractivity contribution in [3.8, 4) is 0 Å². The van der Waals surface area contributed by atoms with E-state index in [2.05, 4.69) is 26.6 Å². The lowest BCUT2D eigenvalue weighted by Gasteiger charge is -2.12. The standard InChI is InChI=1S/C9H12N4S2/c1-3-7(8-10-4-5-14-8)12-9-11-6(2)13-15-9/h4-5,7H,3H2,1-2H3,(H,11,12,13). The fraction of sp³-hybridized carbons (Fsp3) is 0.444. The molecule has 2 heterocycles. The molecule has 0 aromatic carbocycles. The number of anilines is 1. The molecule has 0 amide bonds. The van der Waals surface area contributed by atoms with Crippen molar-refractivity contribution in [2.45, 2.75) is 26.3 Å². The van der Waals surface area contributed by atoms with E-state index in [4.69, 9.17) is 0 Å². The van der Waals surface area contributed by atoms with E-state index in [0.29, 0.717) is 0 Å². The van der Waals surface area contributed by atoms with Gasteiger partial charge >= 0.3 is 0 Å². The van der Waals surface area contributed by atoms with Crippen LogP contribution in [0.15, 0.2) is 11.6 Å². The minimum atomic E-state index is 0.248. The summed E-state index contributed by atoms with van der Waals surface area (Å²) >= 11 is 3.06. The summed E-state index contributed by atoms with van der Waals surface area (Å²) in [4.78, 5) is 8.58. The zero-order chi connectivity index (χ0) is 10.7. The third-order valence-corrected chi connectivity index (χ3v) is 3.61. The van der Waals surface area contributed by atoms with E-state index in [-0.39, 0.29) is 6.04 Å². The van der Waals surface area contributed by atoms with Crippen molar-refractivity contribution < 1.29 is 0 Å². The molecule has 0 saturated heterocycles. The molecular weight excluding hydrogens is 228 g/mol. The Morgan fingerprint density at radius 2 is 2.40 bits per heavy atom. The summed E-state index contributed by atoms with van der Waals surface area (Å²) in [6.45, 7) is 4.03. The fourth-order valence-electron chi connectivity index (χ4n) is 1.25. The van der Waals surface area contributed by atoms with Gasteiger partial charge in [0.15, 0.2) is 0 Å². The number of aromatic nitrogens is 3. The first-order valence-corrected chi connectivity index (χ1v) is 6.41. The molecule has 0 aliphatic heterocycles. The van der Waals surface area contributed by atoms with Crippen molar-refractivity contribution in [2.24, 2.45) is 0 Å². The number of nitrogens with one attached hydrogen (secondary N) is 1. The van der Waals surface area contributed by atoms with Gasteiger partial charge in [-0.2, -0.15) is 4.37 Å². The van der Waals surface area contributed by atoms with Gasteiger partial charge in [-0.3, -0.25) is 0 Å². The fourth-order valence-corrected chi connectivity index (χ4v) is 2.65. The Balaban J connectivity index is 2.09. The molecule has 0 fully saturated rings. The van der Waals surface area contributed by atoms with Crippen molar-refractivity contribution >= 4 is 28.0 Å². The normalized spacial score (nSPS) is 12.7. The Morgan fingerprint density at radius 1 is 1.53 bits per heavy atom. The molecule has 80 valence electrons. The summed E-state index contributed by atoms with van der Waals surface area (Å²) in [5.74, 6) is 0.816. The quantitative estimate of drug-likeness (QED) is 0.892. The molecule has 0 saturated carbocycles. The summed E-state index contributed by atoms with van der Waals surface area (Å²) in [7, 11) is 0. The van der Waals surface area contributed by atoms with E-state index in [0.717, 1.165) is 22.4 Å². The van der Waals surface area contributed by atoms with Crippen LogP contribution in [0.2, 0.25) is 0 Å². The van der Waals surface area contributed by atoms with Crippen LogP contribution in [0, 0.1) is 6.92 Å². The number of aryl methyl sites for hydroxylation is 1. The van der Waals surface area contributed by atoms with E-state index in [1.807, 2.05) is 18.5 Å². The molecule has 1 N–H and O–H groups in total. The van der Waals surface area contributed by atoms with Crippen molar-refractivity contribution in [2.75, 3.05) is 5.32 Å². The number of nitrogens with zero attached hydrogens (tertiary/aromatic N) is 3. The van der Waals surface area contributed by atoms with Crippen LogP contribution in [0.5, 0.6) is 0 Å². The molecule has 1 unspecified atom stereocenters. The van der Waals surface area contributed by atoms with E-state index in [9.17, 15) is 0 Å². The molecule has 2 aromatic rings. The predicted octanol–water partition coefficient (Wildman–Crippen LogP) is 2.87. The zero-order valence-corrected chi connectivity index (χ0v) is 10.2. The van der Waals surface area contributed by atoms with Gasteiger partial charge in [-0.25, -0.2) is 9.97 Å². The molecule has 0 spiro atoms. The molecule has 6 heteroatoms. The molecule has 0 aliphatic rings. The van der Waals surface area contributed by atoms with Gasteiger partial charge in [0.25, 0.3) is 0 Å². The highest BCUT2D eigenvalue weighted by Crippen LogP contribution is 2.24. The number of hydrogen-bond acceptors (Lipinski definition) is 6. The maximum atomic E-state index is 4.30. The lowest BCUT2D eigenvalue weighted by atomic mass is 10.2. The van der Waals surface area contributed by atoms with E-state index in [1.54, 1.807) is 11.3 Å². The lowest BCUT2D eigenvalue weighted by Crippen LogP contribution is -2.08. The maximum absolute atomic E-state index is 4.30. The first kappa shape index (κ1) is 10.5. The minimum absolute atomic E-state index is 0.248. The summed E-state index contributed by atoms with van der Waals surface area (Å²) in [5.41, 5.74) is 0. The van der Waals surface area contributed by atoms with Crippen LogP contribution in [0.1, 0.15) is 30.2 Å². The monoisotopic (exact) mass is 240 g/mol. The van der Waals surface area contributed by atoms with Crippen molar-refractivity contribution in [1.82, 2.24) is 14.3 Å². The Hall–Kier alpha value is -1.01. The second kappa shape index (κ2) is 4.67. The smallest absolute Gasteiger partial charge is 0.203 e. The second-order valence-electron chi connectivity index (χ2n) is 3.12. The van der Waals surface area contributed by atoms with E-state index >= 15 is 0 Å². The molecule has 0 aliphatic carbocycles. The number of hydrogen-bond donors (Lipinski definition) is 1. The van der Waals surface area contributed by atoms with Gasteiger partial charge in [-0.1, -0.05) is 6.92 Å². The van der Waals surface area contributed by atoms with Gasteiger partial charge in [-0.05, 0) is 13.3 Å². The first-order valence-electron chi connectivity index (χ1n) is 4.76. The van der Waals surface area contributed by atoms with Gasteiger partial charge in [0.1, 0.15) is 10.8 Å². The average molecular weight is 240 g/mol. The van der Waals surface area contributed by atoms with Crippen molar-refractivity contribution in [1.29, 1.82) is 0 Å². The third-order valence-electron chi connectivity index (χ3n) is 1.98. The van der Waals surface area contributed by atoms with Crippen LogP contribution in [0.3, 0.4) is 0 Å². The zero-order valence-electron chi connectivity index (χ0n) is 8.60. The van der Waals surface area contributed by atoms with Gasteiger partial charge in [0, 0.05) is 23.1 Å². The van der Waals surface area contributed by atoms with Crippen LogP contribution in [-0.4, -0.2) is 14.3 Å². The lowest BCUT2D eigenvalue weighted by molar-refractivity contribution is 0.740. The average Bonchev–Trinajstić information content (AvgIpc) is 2.85. The van der Waals surface area contributed by atoms with E-state index < -0.39 is 0 Å². The van der Waals surface area contributed by atoms with Gasteiger partial charge in [0.05, 0.1) is 6.04 Å². The number of rotatable bonds is 4. The summed E-state index contributed by atoms with van der Waals surface area (Å²) < 4.78 is 4.14. The molecule has 0 bridgehead atoms. The molecule has 2 rings (SSSR count). The summed E-state index contributed by atoms with van der Waals surface area (Å²) in [6.07, 6.45) is 2.82. The van der Waals surface area contributed by atoms with Crippen LogP contribution >= 0.6 is 22.9 Å². The Morgan fingerprint density at radius 3 is 2.93 bits per heavy atom. The molecule has 0 radical (unpaired) electrons. The molecule has 1 atom stereocenters. The summed E-state index contributed by atoms with van der Waals surface area (Å²) in [6, 6.07) is 0.248. The third kappa shape index (κ3) is 2.51. The predicted molar refractivity (Wildman–Crippen MR) is 63.4 cm³/mol. The highest BCUT2D eigenvalue weighted by molar-refractivity contribution is 7.10.